The van der Waals surface area contributed by atoms with Crippen molar-refractivity contribution in [3.05, 3.63) is 59.6 Å². The summed E-state index contributed by atoms with van der Waals surface area (Å²) in [5.41, 5.74) is 3.53. The predicted molar refractivity (Wildman–Crippen MR) is 131 cm³/mol. The van der Waals surface area contributed by atoms with E-state index in [4.69, 9.17) is 4.98 Å². The minimum Gasteiger partial charge on any atom is -0.322 e. The molecule has 1 aliphatic rings. The van der Waals surface area contributed by atoms with Crippen LogP contribution in [0.4, 0.5) is 5.69 Å². The highest BCUT2D eigenvalue weighted by Crippen LogP contribution is 2.37. The number of benzene rings is 1. The van der Waals surface area contributed by atoms with Crippen molar-refractivity contribution in [3.8, 4) is 22.0 Å². The summed E-state index contributed by atoms with van der Waals surface area (Å²) in [5, 5.41) is 22.4. The largest absolute Gasteiger partial charge is 0.322 e. The molecule has 5 aromatic rings. The number of pyridine rings is 1. The van der Waals surface area contributed by atoms with Gasteiger partial charge in [-0.3, -0.25) is 4.79 Å². The van der Waals surface area contributed by atoms with Gasteiger partial charge >= 0.3 is 0 Å². The SMILES string of the molecule is CC(C)n1ncc2c(C(=O)Nc3cccc(-c4nnnn4C4CC4)c3)cc(-c3cccs3)nc21. The van der Waals surface area contributed by atoms with Gasteiger partial charge in [-0.25, -0.2) is 14.3 Å². The van der Waals surface area contributed by atoms with Gasteiger partial charge in [-0.2, -0.15) is 5.10 Å². The molecule has 4 aromatic heterocycles. The van der Waals surface area contributed by atoms with Crippen LogP contribution >= 0.6 is 11.3 Å². The molecule has 0 radical (unpaired) electrons. The Hall–Kier alpha value is -3.92. The van der Waals surface area contributed by atoms with E-state index in [2.05, 4.69) is 25.9 Å². The first-order valence-corrected chi connectivity index (χ1v) is 12.1. The van der Waals surface area contributed by atoms with Crippen LogP contribution in [0.5, 0.6) is 0 Å². The lowest BCUT2D eigenvalue weighted by molar-refractivity contribution is 0.102. The zero-order chi connectivity index (χ0) is 23.2. The van der Waals surface area contributed by atoms with Crippen LogP contribution in [-0.2, 0) is 0 Å². The molecular formula is C24H22N8OS. The summed E-state index contributed by atoms with van der Waals surface area (Å²) in [6.45, 7) is 4.10. The van der Waals surface area contributed by atoms with E-state index in [1.165, 1.54) is 0 Å². The van der Waals surface area contributed by atoms with Crippen molar-refractivity contribution in [3.63, 3.8) is 0 Å². The van der Waals surface area contributed by atoms with Crippen LogP contribution in [-0.4, -0.2) is 40.9 Å². The Morgan fingerprint density at radius 3 is 2.82 bits per heavy atom. The number of carbonyl (C=O) groups excluding carboxylic acids is 1. The van der Waals surface area contributed by atoms with Crippen LogP contribution in [0.3, 0.4) is 0 Å². The number of nitrogens with one attached hydrogen (secondary N) is 1. The van der Waals surface area contributed by atoms with E-state index < -0.39 is 0 Å². The van der Waals surface area contributed by atoms with Crippen molar-refractivity contribution < 1.29 is 4.79 Å². The van der Waals surface area contributed by atoms with Gasteiger partial charge in [-0.15, -0.1) is 16.4 Å². The summed E-state index contributed by atoms with van der Waals surface area (Å²) < 4.78 is 3.71. The first-order chi connectivity index (χ1) is 16.6. The predicted octanol–water partition coefficient (Wildman–Crippen LogP) is 4.98. The quantitative estimate of drug-likeness (QED) is 0.375. The lowest BCUT2D eigenvalue weighted by Gasteiger charge is -2.11. The minimum absolute atomic E-state index is 0.119. The van der Waals surface area contributed by atoms with E-state index in [0.29, 0.717) is 28.8 Å². The second kappa shape index (κ2) is 8.14. The van der Waals surface area contributed by atoms with Gasteiger partial charge in [0.25, 0.3) is 5.91 Å². The molecule has 0 unspecified atom stereocenters. The molecule has 1 saturated carbocycles. The Morgan fingerprint density at radius 2 is 2.06 bits per heavy atom. The summed E-state index contributed by atoms with van der Waals surface area (Å²) in [7, 11) is 0. The lowest BCUT2D eigenvalue weighted by Crippen LogP contribution is -2.13. The molecule has 1 aliphatic carbocycles. The molecule has 4 heterocycles. The van der Waals surface area contributed by atoms with Crippen LogP contribution in [0.1, 0.15) is 49.1 Å². The number of amides is 1. The van der Waals surface area contributed by atoms with Crippen LogP contribution < -0.4 is 5.32 Å². The first-order valence-electron chi connectivity index (χ1n) is 11.2. The highest BCUT2D eigenvalue weighted by atomic mass is 32.1. The number of tetrazole rings is 1. The molecule has 0 bridgehead atoms. The second-order valence-electron chi connectivity index (χ2n) is 8.67. The van der Waals surface area contributed by atoms with E-state index in [9.17, 15) is 4.79 Å². The Kier molecular flexibility index (Phi) is 4.95. The Morgan fingerprint density at radius 1 is 1.18 bits per heavy atom. The van der Waals surface area contributed by atoms with Gasteiger partial charge in [0.05, 0.1) is 33.8 Å². The third-order valence-electron chi connectivity index (χ3n) is 5.84. The standard InChI is InChI=1S/C24H22N8OS/c1-14(2)31-23-19(13-25-31)18(12-20(27-23)21-7-4-10-34-21)24(33)26-16-6-3-5-15(11-16)22-28-29-30-32(22)17-8-9-17/h3-7,10-14,17H,8-9H2,1-2H3,(H,26,33). The van der Waals surface area contributed by atoms with Crippen LogP contribution in [0.15, 0.2) is 54.0 Å². The third kappa shape index (κ3) is 3.65. The number of nitrogens with zero attached hydrogens (tertiary/aromatic N) is 7. The fourth-order valence-electron chi connectivity index (χ4n) is 4.02. The fraction of sp³-hybridized carbons (Fsp3) is 0.250. The van der Waals surface area contributed by atoms with Gasteiger partial charge in [0.2, 0.25) is 0 Å². The molecule has 1 N–H and O–H groups in total. The van der Waals surface area contributed by atoms with Crippen molar-refractivity contribution in [1.82, 2.24) is 35.0 Å². The maximum Gasteiger partial charge on any atom is 0.256 e. The molecule has 9 nitrogen and oxygen atoms in total. The smallest absolute Gasteiger partial charge is 0.256 e. The zero-order valence-corrected chi connectivity index (χ0v) is 19.5. The summed E-state index contributed by atoms with van der Waals surface area (Å²) >= 11 is 1.59. The zero-order valence-electron chi connectivity index (χ0n) is 18.7. The summed E-state index contributed by atoms with van der Waals surface area (Å²) in [5.74, 6) is 0.496. The Labute approximate surface area is 199 Å². The molecule has 34 heavy (non-hydrogen) atoms. The second-order valence-corrected chi connectivity index (χ2v) is 9.61. The summed E-state index contributed by atoms with van der Waals surface area (Å²) in [4.78, 5) is 19.3. The van der Waals surface area contributed by atoms with Crippen LogP contribution in [0.25, 0.3) is 33.0 Å². The summed E-state index contributed by atoms with van der Waals surface area (Å²) in [6.07, 6.45) is 3.89. The number of rotatable bonds is 6. The lowest BCUT2D eigenvalue weighted by atomic mass is 10.1. The van der Waals surface area contributed by atoms with Gasteiger partial charge < -0.3 is 5.32 Å². The Balaban J connectivity index is 1.38. The molecule has 0 atom stereocenters. The van der Waals surface area contributed by atoms with E-state index in [1.807, 2.05) is 71.1 Å². The molecule has 0 aliphatic heterocycles. The minimum atomic E-state index is -0.215. The normalized spacial score (nSPS) is 13.6. The maximum absolute atomic E-state index is 13.5. The average molecular weight is 471 g/mol. The maximum atomic E-state index is 13.5. The molecule has 0 saturated heterocycles. The molecule has 1 fully saturated rings. The average Bonchev–Trinajstić information content (AvgIpc) is 3.24. The van der Waals surface area contributed by atoms with E-state index in [-0.39, 0.29) is 11.9 Å². The summed E-state index contributed by atoms with van der Waals surface area (Å²) in [6, 6.07) is 13.9. The van der Waals surface area contributed by atoms with Crippen LogP contribution in [0.2, 0.25) is 0 Å². The number of thiophene rings is 1. The molecule has 1 aromatic carbocycles. The fourth-order valence-corrected chi connectivity index (χ4v) is 4.70. The van der Waals surface area contributed by atoms with Crippen molar-refractivity contribution in [2.75, 3.05) is 5.32 Å². The van der Waals surface area contributed by atoms with E-state index in [1.54, 1.807) is 17.5 Å². The van der Waals surface area contributed by atoms with Crippen molar-refractivity contribution in [1.29, 1.82) is 0 Å². The molecule has 6 rings (SSSR count). The third-order valence-corrected chi connectivity index (χ3v) is 6.73. The van der Waals surface area contributed by atoms with Gasteiger partial charge in [0.15, 0.2) is 11.5 Å². The molecule has 1 amide bonds. The van der Waals surface area contributed by atoms with E-state index in [0.717, 1.165) is 34.4 Å². The van der Waals surface area contributed by atoms with Crippen molar-refractivity contribution in [2.45, 2.75) is 38.8 Å². The van der Waals surface area contributed by atoms with Gasteiger partial charge in [0.1, 0.15) is 0 Å². The number of carbonyl (C=O) groups is 1. The molecule has 0 spiro atoms. The molecule has 170 valence electrons. The number of anilines is 1. The van der Waals surface area contributed by atoms with Gasteiger partial charge in [-0.05, 0) is 66.8 Å². The highest BCUT2D eigenvalue weighted by Gasteiger charge is 2.28. The van der Waals surface area contributed by atoms with Gasteiger partial charge in [0, 0.05) is 17.3 Å². The van der Waals surface area contributed by atoms with Crippen molar-refractivity contribution >= 4 is 34.0 Å². The number of hydrogen-bond donors (Lipinski definition) is 1. The number of aromatic nitrogens is 7. The monoisotopic (exact) mass is 470 g/mol. The molecular weight excluding hydrogens is 448 g/mol. The van der Waals surface area contributed by atoms with E-state index >= 15 is 0 Å². The Bertz CT molecular complexity index is 1500. The van der Waals surface area contributed by atoms with Crippen LogP contribution in [0, 0.1) is 0 Å². The topological polar surface area (TPSA) is 103 Å². The molecule has 10 heteroatoms. The number of hydrogen-bond acceptors (Lipinski definition) is 7. The first kappa shape index (κ1) is 20.7. The van der Waals surface area contributed by atoms with Gasteiger partial charge in [-0.1, -0.05) is 18.2 Å². The number of fused-ring (bicyclic) bond motifs is 1. The van der Waals surface area contributed by atoms with Crippen molar-refractivity contribution in [2.24, 2.45) is 0 Å². The highest BCUT2D eigenvalue weighted by molar-refractivity contribution is 7.13.